The highest BCUT2D eigenvalue weighted by Gasteiger charge is 2.29. The maximum Gasteiger partial charge on any atom is 0.223 e. The number of morpholine rings is 1. The molecule has 1 atom stereocenters. The quantitative estimate of drug-likeness (QED) is 0.463. The molecule has 0 aromatic carbocycles. The van der Waals surface area contributed by atoms with Gasteiger partial charge in [-0.25, -0.2) is 0 Å². The lowest BCUT2D eigenvalue weighted by Crippen LogP contribution is -2.55. The van der Waals surface area contributed by atoms with E-state index in [2.05, 4.69) is 10.6 Å². The first-order valence-corrected chi connectivity index (χ1v) is 6.01. The molecule has 6 heteroatoms. The largest absolute Gasteiger partial charge is 0.394 e. The van der Waals surface area contributed by atoms with Gasteiger partial charge >= 0.3 is 0 Å². The molecule has 1 fully saturated rings. The maximum absolute atomic E-state index is 11.8. The van der Waals surface area contributed by atoms with Crippen LogP contribution in [0.25, 0.3) is 0 Å². The van der Waals surface area contributed by atoms with Crippen molar-refractivity contribution >= 4 is 5.91 Å². The Morgan fingerprint density at radius 2 is 2.24 bits per heavy atom. The number of aliphatic hydroxyl groups is 2. The van der Waals surface area contributed by atoms with E-state index < -0.39 is 5.54 Å². The third kappa shape index (κ3) is 4.23. The first kappa shape index (κ1) is 14.4. The highest BCUT2D eigenvalue weighted by atomic mass is 16.5. The highest BCUT2D eigenvalue weighted by Crippen LogP contribution is 2.10. The summed E-state index contributed by atoms with van der Waals surface area (Å²) in [6.45, 7) is 3.35. The highest BCUT2D eigenvalue weighted by molar-refractivity contribution is 5.77. The Hall–Kier alpha value is -0.690. The molecule has 6 nitrogen and oxygen atoms in total. The Bertz CT molecular complexity index is 229. The van der Waals surface area contributed by atoms with Crippen molar-refractivity contribution in [3.8, 4) is 0 Å². The molecule has 1 amide bonds. The Morgan fingerprint density at radius 3 is 2.71 bits per heavy atom. The van der Waals surface area contributed by atoms with E-state index in [4.69, 9.17) is 4.74 Å². The van der Waals surface area contributed by atoms with Crippen molar-refractivity contribution < 1.29 is 19.7 Å². The summed E-state index contributed by atoms with van der Waals surface area (Å²) in [5, 5.41) is 24.2. The van der Waals surface area contributed by atoms with Gasteiger partial charge in [0, 0.05) is 13.1 Å². The number of amides is 1. The third-order valence-electron chi connectivity index (χ3n) is 3.10. The second-order valence-corrected chi connectivity index (χ2v) is 4.40. The van der Waals surface area contributed by atoms with Gasteiger partial charge in [-0.3, -0.25) is 4.79 Å². The average Bonchev–Trinajstić information content (AvgIpc) is 2.37. The monoisotopic (exact) mass is 246 g/mol. The van der Waals surface area contributed by atoms with Gasteiger partial charge < -0.3 is 25.6 Å². The van der Waals surface area contributed by atoms with E-state index >= 15 is 0 Å². The molecule has 1 unspecified atom stereocenters. The molecule has 0 aliphatic carbocycles. The fourth-order valence-electron chi connectivity index (χ4n) is 1.75. The molecule has 100 valence electrons. The van der Waals surface area contributed by atoms with Crippen LogP contribution in [0.2, 0.25) is 0 Å². The van der Waals surface area contributed by atoms with Crippen LogP contribution < -0.4 is 10.6 Å². The molecule has 0 saturated carbocycles. The molecule has 0 aromatic heterocycles. The van der Waals surface area contributed by atoms with Crippen LogP contribution in [0.4, 0.5) is 0 Å². The van der Waals surface area contributed by atoms with Crippen molar-refractivity contribution in [2.45, 2.75) is 31.4 Å². The van der Waals surface area contributed by atoms with Gasteiger partial charge in [0.25, 0.3) is 0 Å². The summed E-state index contributed by atoms with van der Waals surface area (Å²) in [5.41, 5.74) is -0.917. The number of carbonyl (C=O) groups is 1. The van der Waals surface area contributed by atoms with E-state index in [1.165, 1.54) is 0 Å². The van der Waals surface area contributed by atoms with Gasteiger partial charge in [-0.2, -0.15) is 0 Å². The zero-order valence-electron chi connectivity index (χ0n) is 10.2. The third-order valence-corrected chi connectivity index (χ3v) is 3.10. The van der Waals surface area contributed by atoms with Gasteiger partial charge in [-0.15, -0.1) is 0 Å². The normalized spacial score (nSPS) is 21.2. The lowest BCUT2D eigenvalue weighted by atomic mass is 9.98. The number of nitrogens with one attached hydrogen (secondary N) is 2. The Kier molecular flexibility index (Phi) is 5.84. The number of hydrogen-bond donors (Lipinski definition) is 4. The molecule has 1 aliphatic rings. The Balaban J connectivity index is 2.41. The molecule has 0 radical (unpaired) electrons. The Morgan fingerprint density at radius 1 is 1.53 bits per heavy atom. The van der Waals surface area contributed by atoms with Crippen molar-refractivity contribution in [1.29, 1.82) is 0 Å². The smallest absolute Gasteiger partial charge is 0.223 e. The van der Waals surface area contributed by atoms with Crippen molar-refractivity contribution in [3.63, 3.8) is 0 Å². The summed E-state index contributed by atoms with van der Waals surface area (Å²) < 4.78 is 5.42. The van der Waals surface area contributed by atoms with Gasteiger partial charge in [0.2, 0.25) is 5.91 Å². The first-order chi connectivity index (χ1) is 8.15. The minimum Gasteiger partial charge on any atom is -0.394 e. The van der Waals surface area contributed by atoms with Gasteiger partial charge in [0.05, 0.1) is 37.9 Å². The summed E-state index contributed by atoms with van der Waals surface area (Å²) in [6, 6.07) is 0. The number of aliphatic hydroxyl groups excluding tert-OH is 2. The van der Waals surface area contributed by atoms with E-state index in [-0.39, 0.29) is 31.6 Å². The van der Waals surface area contributed by atoms with E-state index in [0.29, 0.717) is 19.6 Å². The van der Waals surface area contributed by atoms with Crippen molar-refractivity contribution in [3.05, 3.63) is 0 Å². The minimum atomic E-state index is -0.917. The molecule has 17 heavy (non-hydrogen) atoms. The van der Waals surface area contributed by atoms with Gasteiger partial charge in [0.1, 0.15) is 0 Å². The summed E-state index contributed by atoms with van der Waals surface area (Å²) in [7, 11) is 0. The van der Waals surface area contributed by atoms with Crippen LogP contribution in [0.5, 0.6) is 0 Å². The van der Waals surface area contributed by atoms with E-state index in [0.717, 1.165) is 6.54 Å². The van der Waals surface area contributed by atoms with Crippen molar-refractivity contribution in [1.82, 2.24) is 10.6 Å². The molecule has 0 bridgehead atoms. The number of carbonyl (C=O) groups excluding carboxylic acids is 1. The summed E-state index contributed by atoms with van der Waals surface area (Å²) >= 11 is 0. The first-order valence-electron chi connectivity index (χ1n) is 6.01. The minimum absolute atomic E-state index is 0.129. The second kappa shape index (κ2) is 6.90. The molecule has 1 saturated heterocycles. The standard InChI is InChI=1S/C11H22N2O4/c1-2-11(7-14,8-15)13-10(16)5-9-6-12-3-4-17-9/h9,12,14-15H,2-8H2,1H3,(H,13,16). The summed E-state index contributed by atoms with van der Waals surface area (Å²) in [4.78, 5) is 11.8. The van der Waals surface area contributed by atoms with E-state index in [9.17, 15) is 15.0 Å². The number of hydrogen-bond acceptors (Lipinski definition) is 5. The van der Waals surface area contributed by atoms with Crippen LogP contribution in [0.3, 0.4) is 0 Å². The van der Waals surface area contributed by atoms with Crippen LogP contribution in [-0.4, -0.2) is 60.7 Å². The lowest BCUT2D eigenvalue weighted by molar-refractivity contribution is -0.127. The second-order valence-electron chi connectivity index (χ2n) is 4.40. The van der Waals surface area contributed by atoms with Crippen LogP contribution in [0, 0.1) is 0 Å². The molecular formula is C11H22N2O4. The molecule has 0 spiro atoms. The van der Waals surface area contributed by atoms with Crippen LogP contribution in [0.1, 0.15) is 19.8 Å². The topological polar surface area (TPSA) is 90.8 Å². The number of ether oxygens (including phenoxy) is 1. The fraction of sp³-hybridized carbons (Fsp3) is 0.909. The molecule has 1 heterocycles. The van der Waals surface area contributed by atoms with Gasteiger partial charge in [-0.05, 0) is 6.42 Å². The molecular weight excluding hydrogens is 224 g/mol. The molecule has 4 N–H and O–H groups in total. The fourth-order valence-corrected chi connectivity index (χ4v) is 1.75. The van der Waals surface area contributed by atoms with Crippen LogP contribution in [0.15, 0.2) is 0 Å². The van der Waals surface area contributed by atoms with Gasteiger partial charge in [-0.1, -0.05) is 6.92 Å². The Labute approximate surface area is 101 Å². The zero-order valence-corrected chi connectivity index (χ0v) is 10.2. The van der Waals surface area contributed by atoms with Crippen LogP contribution in [-0.2, 0) is 9.53 Å². The summed E-state index contributed by atoms with van der Waals surface area (Å²) in [6.07, 6.45) is 0.597. The van der Waals surface area contributed by atoms with Crippen molar-refractivity contribution in [2.75, 3.05) is 32.9 Å². The lowest BCUT2D eigenvalue weighted by Gasteiger charge is -2.31. The predicted molar refractivity (Wildman–Crippen MR) is 62.6 cm³/mol. The van der Waals surface area contributed by atoms with Crippen molar-refractivity contribution in [2.24, 2.45) is 0 Å². The van der Waals surface area contributed by atoms with Gasteiger partial charge in [0.15, 0.2) is 0 Å². The van der Waals surface area contributed by atoms with Crippen LogP contribution >= 0.6 is 0 Å². The maximum atomic E-state index is 11.8. The summed E-state index contributed by atoms with van der Waals surface area (Å²) in [5.74, 6) is -0.205. The molecule has 1 rings (SSSR count). The predicted octanol–water partition coefficient (Wildman–Crippen LogP) is -1.39. The molecule has 0 aromatic rings. The number of rotatable bonds is 6. The van der Waals surface area contributed by atoms with E-state index in [1.807, 2.05) is 6.92 Å². The zero-order chi connectivity index (χ0) is 12.7. The van der Waals surface area contributed by atoms with E-state index in [1.54, 1.807) is 0 Å². The molecule has 1 aliphatic heterocycles. The SMILES string of the molecule is CCC(CO)(CO)NC(=O)CC1CNCCO1. The average molecular weight is 246 g/mol.